The van der Waals surface area contributed by atoms with Gasteiger partial charge in [0.1, 0.15) is 0 Å². The van der Waals surface area contributed by atoms with Gasteiger partial charge < -0.3 is 0 Å². The number of hydrogen-bond donors (Lipinski definition) is 0. The smallest absolute Gasteiger partial charge is 0.167 e. The van der Waals surface area contributed by atoms with E-state index in [9.17, 15) is 17.6 Å². The maximum atomic E-state index is 15.0. The van der Waals surface area contributed by atoms with Crippen LogP contribution in [0.4, 0.5) is 17.6 Å². The molecular formula is C25H26F4. The summed E-state index contributed by atoms with van der Waals surface area (Å²) in [4.78, 5) is 0. The minimum Gasteiger partial charge on any atom is -0.203 e. The normalized spacial score (nSPS) is 26.8. The predicted octanol–water partition coefficient (Wildman–Crippen LogP) is 7.70. The molecule has 4 atom stereocenters. The van der Waals surface area contributed by atoms with E-state index in [4.69, 9.17) is 0 Å². The van der Waals surface area contributed by atoms with E-state index in [1.807, 2.05) is 6.08 Å². The Kier molecular flexibility index (Phi) is 5.54. The molecule has 0 saturated heterocycles. The maximum Gasteiger partial charge on any atom is 0.167 e. The van der Waals surface area contributed by atoms with Crippen LogP contribution in [0.2, 0.25) is 0 Å². The molecule has 2 fully saturated rings. The summed E-state index contributed by atoms with van der Waals surface area (Å²) in [6.45, 7) is 5.35. The van der Waals surface area contributed by atoms with Gasteiger partial charge in [0.25, 0.3) is 0 Å². The van der Waals surface area contributed by atoms with Crippen molar-refractivity contribution in [3.8, 4) is 11.1 Å². The first-order valence-corrected chi connectivity index (χ1v) is 10.5. The zero-order chi connectivity index (χ0) is 20.7. The fourth-order valence-corrected chi connectivity index (χ4v) is 5.36. The standard InChI is InChI=1S/C25H26F4/c1-3-15-5-6-17-13-18(8-7-16(17)12-15)19-10-11-21(25(29)23(19)27)20-9-4-14(2)22(26)24(20)28/h3-4,9-11,15-18H,1,5-8,12-13H2,2H3. The molecule has 4 heteroatoms. The molecule has 0 aromatic heterocycles. The third-order valence-corrected chi connectivity index (χ3v) is 7.10. The van der Waals surface area contributed by atoms with Gasteiger partial charge in [0, 0.05) is 11.1 Å². The fraction of sp³-hybridized carbons (Fsp3) is 0.440. The topological polar surface area (TPSA) is 0 Å². The van der Waals surface area contributed by atoms with E-state index in [0.29, 0.717) is 23.3 Å². The third-order valence-electron chi connectivity index (χ3n) is 7.10. The molecule has 2 aliphatic carbocycles. The Balaban J connectivity index is 1.60. The van der Waals surface area contributed by atoms with Crippen LogP contribution in [0.3, 0.4) is 0 Å². The van der Waals surface area contributed by atoms with Gasteiger partial charge >= 0.3 is 0 Å². The van der Waals surface area contributed by atoms with Gasteiger partial charge in [-0.25, -0.2) is 17.6 Å². The van der Waals surface area contributed by atoms with Gasteiger partial charge in [-0.2, -0.15) is 0 Å². The van der Waals surface area contributed by atoms with Crippen molar-refractivity contribution >= 4 is 0 Å². The van der Waals surface area contributed by atoms with Crippen molar-refractivity contribution in [3.63, 3.8) is 0 Å². The van der Waals surface area contributed by atoms with Crippen LogP contribution in [0.25, 0.3) is 11.1 Å². The van der Waals surface area contributed by atoms with Gasteiger partial charge in [-0.3, -0.25) is 0 Å². The number of hydrogen-bond acceptors (Lipinski definition) is 0. The molecule has 0 bridgehead atoms. The summed E-state index contributed by atoms with van der Waals surface area (Å²) in [7, 11) is 0. The monoisotopic (exact) mass is 402 g/mol. The summed E-state index contributed by atoms with van der Waals surface area (Å²) in [5.74, 6) is -2.47. The molecule has 0 radical (unpaired) electrons. The third kappa shape index (κ3) is 3.62. The quantitative estimate of drug-likeness (QED) is 0.364. The Morgan fingerprint density at radius 2 is 1.38 bits per heavy atom. The van der Waals surface area contributed by atoms with Crippen LogP contribution in [-0.4, -0.2) is 0 Å². The molecule has 2 saturated carbocycles. The Morgan fingerprint density at radius 3 is 2.10 bits per heavy atom. The summed E-state index contributed by atoms with van der Waals surface area (Å²) in [5, 5.41) is 0. The Hall–Kier alpha value is -2.10. The lowest BCUT2D eigenvalue weighted by molar-refractivity contribution is 0.132. The zero-order valence-corrected chi connectivity index (χ0v) is 16.7. The number of rotatable bonds is 3. The van der Waals surface area contributed by atoms with Crippen LogP contribution in [0.5, 0.6) is 0 Å². The average Bonchev–Trinajstić information content (AvgIpc) is 2.74. The zero-order valence-electron chi connectivity index (χ0n) is 16.7. The number of allylic oxidation sites excluding steroid dienone is 1. The van der Waals surface area contributed by atoms with Crippen LogP contribution in [0.15, 0.2) is 36.9 Å². The number of benzene rings is 2. The van der Waals surface area contributed by atoms with Crippen molar-refractivity contribution in [1.29, 1.82) is 0 Å². The minimum absolute atomic E-state index is 0.0281. The summed E-state index contributed by atoms with van der Waals surface area (Å²) in [6.07, 6.45) is 8.11. The highest BCUT2D eigenvalue weighted by atomic mass is 19.2. The van der Waals surface area contributed by atoms with Crippen molar-refractivity contribution in [3.05, 3.63) is 71.3 Å². The van der Waals surface area contributed by atoms with E-state index < -0.39 is 23.3 Å². The lowest BCUT2D eigenvalue weighted by Crippen LogP contribution is -2.30. The van der Waals surface area contributed by atoms with Gasteiger partial charge in [-0.1, -0.05) is 30.3 Å². The molecule has 4 unspecified atom stereocenters. The van der Waals surface area contributed by atoms with Gasteiger partial charge in [-0.05, 0) is 80.2 Å². The van der Waals surface area contributed by atoms with Crippen molar-refractivity contribution in [2.24, 2.45) is 17.8 Å². The first-order valence-electron chi connectivity index (χ1n) is 10.5. The van der Waals surface area contributed by atoms with E-state index in [1.54, 1.807) is 6.07 Å². The van der Waals surface area contributed by atoms with Crippen LogP contribution >= 0.6 is 0 Å². The van der Waals surface area contributed by atoms with Crippen LogP contribution in [-0.2, 0) is 0 Å². The van der Waals surface area contributed by atoms with Gasteiger partial charge in [0.05, 0.1) is 0 Å². The van der Waals surface area contributed by atoms with Crippen molar-refractivity contribution in [2.75, 3.05) is 0 Å². The Labute approximate surface area is 169 Å². The van der Waals surface area contributed by atoms with Gasteiger partial charge in [0.2, 0.25) is 0 Å². The molecule has 0 N–H and O–H groups in total. The van der Waals surface area contributed by atoms with Gasteiger partial charge in [-0.15, -0.1) is 6.58 Å². The first-order chi connectivity index (χ1) is 13.9. The lowest BCUT2D eigenvalue weighted by Gasteiger charge is -2.41. The minimum atomic E-state index is -1.14. The molecule has 29 heavy (non-hydrogen) atoms. The number of fused-ring (bicyclic) bond motifs is 1. The molecule has 2 aliphatic rings. The first kappa shape index (κ1) is 20.2. The second-order valence-electron chi connectivity index (χ2n) is 8.73. The molecule has 4 rings (SSSR count). The largest absolute Gasteiger partial charge is 0.203 e. The van der Waals surface area contributed by atoms with Crippen molar-refractivity contribution in [1.82, 2.24) is 0 Å². The highest BCUT2D eigenvalue weighted by Crippen LogP contribution is 2.48. The second kappa shape index (κ2) is 7.97. The maximum absolute atomic E-state index is 15.0. The molecule has 0 heterocycles. The summed E-state index contributed by atoms with van der Waals surface area (Å²) in [5.41, 5.74) is 0.0144. The molecule has 0 aliphatic heterocycles. The molecular weight excluding hydrogens is 376 g/mol. The predicted molar refractivity (Wildman–Crippen MR) is 108 cm³/mol. The van der Waals surface area contributed by atoms with E-state index in [1.165, 1.54) is 25.1 Å². The Morgan fingerprint density at radius 1 is 0.759 bits per heavy atom. The molecule has 0 amide bonds. The molecule has 0 nitrogen and oxygen atoms in total. The van der Waals surface area contributed by atoms with Crippen molar-refractivity contribution < 1.29 is 17.6 Å². The number of aryl methyl sites for hydroxylation is 1. The lowest BCUT2D eigenvalue weighted by atomic mass is 9.64. The van der Waals surface area contributed by atoms with Crippen LogP contribution < -0.4 is 0 Å². The van der Waals surface area contributed by atoms with E-state index in [-0.39, 0.29) is 22.6 Å². The fourth-order valence-electron chi connectivity index (χ4n) is 5.36. The highest BCUT2D eigenvalue weighted by Gasteiger charge is 2.36. The van der Waals surface area contributed by atoms with E-state index in [2.05, 4.69) is 6.58 Å². The second-order valence-corrected chi connectivity index (χ2v) is 8.73. The molecule has 2 aromatic rings. The van der Waals surface area contributed by atoms with Crippen LogP contribution in [0, 0.1) is 47.9 Å². The SMILES string of the molecule is C=CC1CCC2CC(c3ccc(-c4ccc(C)c(F)c4F)c(F)c3F)CCC2C1. The number of halogens is 4. The van der Waals surface area contributed by atoms with Crippen molar-refractivity contribution in [2.45, 2.75) is 51.4 Å². The van der Waals surface area contributed by atoms with Crippen LogP contribution in [0.1, 0.15) is 55.6 Å². The van der Waals surface area contributed by atoms with E-state index in [0.717, 1.165) is 38.5 Å². The summed E-state index contributed by atoms with van der Waals surface area (Å²) >= 11 is 0. The molecule has 154 valence electrons. The van der Waals surface area contributed by atoms with Gasteiger partial charge in [0.15, 0.2) is 23.3 Å². The summed E-state index contributed by atoms with van der Waals surface area (Å²) in [6, 6.07) is 5.63. The Bertz CT molecular complexity index is 933. The molecule has 0 spiro atoms. The highest BCUT2D eigenvalue weighted by molar-refractivity contribution is 5.66. The average molecular weight is 402 g/mol. The summed E-state index contributed by atoms with van der Waals surface area (Å²) < 4.78 is 58.0. The molecule has 2 aromatic carbocycles. The van der Waals surface area contributed by atoms with E-state index >= 15 is 0 Å².